The van der Waals surface area contributed by atoms with Crippen LogP contribution in [0.4, 0.5) is 5.00 Å². The molecule has 0 aliphatic carbocycles. The van der Waals surface area contributed by atoms with Crippen LogP contribution in [0.1, 0.15) is 11.8 Å². The molecule has 2 aromatic rings. The van der Waals surface area contributed by atoms with E-state index in [4.69, 9.17) is 5.73 Å². The van der Waals surface area contributed by atoms with Crippen molar-refractivity contribution in [3.8, 4) is 11.4 Å². The van der Waals surface area contributed by atoms with E-state index < -0.39 is 0 Å². The number of nitrogens with zero attached hydrogens (tertiary/aromatic N) is 3. The van der Waals surface area contributed by atoms with Gasteiger partial charge in [-0.05, 0) is 12.5 Å². The zero-order chi connectivity index (χ0) is 10.1. The van der Waals surface area contributed by atoms with Gasteiger partial charge in [0.2, 0.25) is 0 Å². The maximum atomic E-state index is 5.91. The molecule has 2 N–H and O–H groups in total. The van der Waals surface area contributed by atoms with Gasteiger partial charge in [-0.25, -0.2) is 9.67 Å². The summed E-state index contributed by atoms with van der Waals surface area (Å²) in [6, 6.07) is 2.09. The van der Waals surface area contributed by atoms with Crippen molar-refractivity contribution in [2.24, 2.45) is 7.05 Å². The van der Waals surface area contributed by atoms with Crippen LogP contribution in [-0.2, 0) is 13.5 Å². The number of nitrogens with two attached hydrogens (primary N) is 1. The predicted octanol–water partition coefficient (Wildman–Crippen LogP) is 1.69. The summed E-state index contributed by atoms with van der Waals surface area (Å²) in [5, 5.41) is 4.84. The average Bonchev–Trinajstić information content (AvgIpc) is 2.72. The zero-order valence-corrected chi connectivity index (χ0v) is 9.01. The maximum Gasteiger partial charge on any atom is 0.160 e. The van der Waals surface area contributed by atoms with Gasteiger partial charge < -0.3 is 5.73 Å². The summed E-state index contributed by atoms with van der Waals surface area (Å²) in [4.78, 5) is 5.45. The minimum atomic E-state index is 0.818. The van der Waals surface area contributed by atoms with Gasteiger partial charge in [-0.2, -0.15) is 5.10 Å². The van der Waals surface area contributed by atoms with Crippen molar-refractivity contribution in [2.75, 3.05) is 5.73 Å². The van der Waals surface area contributed by atoms with Crippen molar-refractivity contribution >= 4 is 16.3 Å². The second kappa shape index (κ2) is 3.42. The van der Waals surface area contributed by atoms with Gasteiger partial charge in [0.15, 0.2) is 5.82 Å². The molecule has 0 aliphatic heterocycles. The summed E-state index contributed by atoms with van der Waals surface area (Å²) in [5.74, 6) is 0.832. The van der Waals surface area contributed by atoms with Crippen molar-refractivity contribution < 1.29 is 0 Å². The molecule has 2 heterocycles. The van der Waals surface area contributed by atoms with Gasteiger partial charge in [-0.1, -0.05) is 6.92 Å². The molecule has 0 spiro atoms. The molecule has 0 saturated heterocycles. The third kappa shape index (κ3) is 1.39. The molecule has 0 fully saturated rings. The second-order valence-electron chi connectivity index (χ2n) is 3.05. The molecule has 4 nitrogen and oxygen atoms in total. The summed E-state index contributed by atoms with van der Waals surface area (Å²) in [6.07, 6.45) is 2.55. The van der Waals surface area contributed by atoms with Gasteiger partial charge in [-0.15, -0.1) is 11.3 Å². The van der Waals surface area contributed by atoms with E-state index in [0.29, 0.717) is 0 Å². The van der Waals surface area contributed by atoms with Crippen molar-refractivity contribution in [3.63, 3.8) is 0 Å². The summed E-state index contributed by atoms with van der Waals surface area (Å²) >= 11 is 1.62. The maximum absolute atomic E-state index is 5.91. The summed E-state index contributed by atoms with van der Waals surface area (Å²) in [6.45, 7) is 2.12. The molecule has 0 aliphatic rings. The lowest BCUT2D eigenvalue weighted by molar-refractivity contribution is 0.775. The monoisotopic (exact) mass is 208 g/mol. The highest BCUT2D eigenvalue weighted by Gasteiger charge is 2.11. The fraction of sp³-hybridized carbons (Fsp3) is 0.333. The molecule has 0 atom stereocenters. The largest absolute Gasteiger partial charge is 0.390 e. The fourth-order valence-electron chi connectivity index (χ4n) is 1.35. The Labute approximate surface area is 86.4 Å². The van der Waals surface area contributed by atoms with E-state index in [0.717, 1.165) is 22.8 Å². The SMILES string of the molecule is CCc1cc(-c2ncnn2C)c(N)s1. The number of aryl methyl sites for hydroxylation is 2. The molecule has 2 rings (SSSR count). The van der Waals surface area contributed by atoms with E-state index in [1.807, 2.05) is 7.05 Å². The molecule has 0 amide bonds. The standard InChI is InChI=1S/C9H12N4S/c1-3-6-4-7(8(10)14-6)9-11-5-12-13(9)2/h4-5H,3,10H2,1-2H3. The van der Waals surface area contributed by atoms with Crippen LogP contribution in [0.15, 0.2) is 12.4 Å². The molecule has 2 aromatic heterocycles. The minimum Gasteiger partial charge on any atom is -0.390 e. The number of hydrogen-bond acceptors (Lipinski definition) is 4. The Morgan fingerprint density at radius 1 is 1.57 bits per heavy atom. The Balaban J connectivity index is 2.51. The van der Waals surface area contributed by atoms with Crippen molar-refractivity contribution in [1.29, 1.82) is 0 Å². The van der Waals surface area contributed by atoms with Gasteiger partial charge in [0, 0.05) is 11.9 Å². The first kappa shape index (κ1) is 9.21. The Hall–Kier alpha value is -1.36. The molecule has 0 bridgehead atoms. The van der Waals surface area contributed by atoms with E-state index in [9.17, 15) is 0 Å². The zero-order valence-electron chi connectivity index (χ0n) is 8.19. The summed E-state index contributed by atoms with van der Waals surface area (Å²) < 4.78 is 1.73. The lowest BCUT2D eigenvalue weighted by Crippen LogP contribution is -1.95. The third-order valence-corrected chi connectivity index (χ3v) is 3.22. The van der Waals surface area contributed by atoms with E-state index in [1.165, 1.54) is 11.2 Å². The first-order valence-electron chi connectivity index (χ1n) is 4.45. The van der Waals surface area contributed by atoms with Crippen LogP contribution < -0.4 is 5.73 Å². The molecular formula is C9H12N4S. The van der Waals surface area contributed by atoms with Gasteiger partial charge in [0.05, 0.1) is 10.6 Å². The molecule has 0 aromatic carbocycles. The molecule has 0 saturated carbocycles. The van der Waals surface area contributed by atoms with E-state index in [2.05, 4.69) is 23.1 Å². The Kier molecular flexibility index (Phi) is 2.25. The number of rotatable bonds is 2. The van der Waals surface area contributed by atoms with Gasteiger partial charge in [0.1, 0.15) is 6.33 Å². The number of aromatic nitrogens is 3. The topological polar surface area (TPSA) is 56.7 Å². The van der Waals surface area contributed by atoms with E-state index in [1.54, 1.807) is 16.0 Å². The molecular weight excluding hydrogens is 196 g/mol. The van der Waals surface area contributed by atoms with E-state index >= 15 is 0 Å². The van der Waals surface area contributed by atoms with Crippen LogP contribution in [0, 0.1) is 0 Å². The molecule has 5 heteroatoms. The van der Waals surface area contributed by atoms with Crippen LogP contribution >= 0.6 is 11.3 Å². The number of anilines is 1. The quantitative estimate of drug-likeness (QED) is 0.817. The van der Waals surface area contributed by atoms with Crippen LogP contribution in [-0.4, -0.2) is 14.8 Å². The van der Waals surface area contributed by atoms with Crippen LogP contribution in [0.5, 0.6) is 0 Å². The number of hydrogen-bond donors (Lipinski definition) is 1. The fourth-order valence-corrected chi connectivity index (χ4v) is 2.21. The molecule has 0 radical (unpaired) electrons. The summed E-state index contributed by atoms with van der Waals surface area (Å²) in [5.41, 5.74) is 6.91. The van der Waals surface area contributed by atoms with Gasteiger partial charge in [-0.3, -0.25) is 0 Å². The lowest BCUT2D eigenvalue weighted by Gasteiger charge is -1.97. The van der Waals surface area contributed by atoms with Crippen LogP contribution in [0.25, 0.3) is 11.4 Å². The van der Waals surface area contributed by atoms with Gasteiger partial charge >= 0.3 is 0 Å². The molecule has 74 valence electrons. The highest BCUT2D eigenvalue weighted by molar-refractivity contribution is 7.16. The highest BCUT2D eigenvalue weighted by atomic mass is 32.1. The van der Waals surface area contributed by atoms with Crippen molar-refractivity contribution in [1.82, 2.24) is 14.8 Å². The van der Waals surface area contributed by atoms with Crippen molar-refractivity contribution in [2.45, 2.75) is 13.3 Å². The molecule has 14 heavy (non-hydrogen) atoms. The first-order chi connectivity index (χ1) is 6.72. The molecule has 0 unspecified atom stereocenters. The Morgan fingerprint density at radius 2 is 2.36 bits per heavy atom. The first-order valence-corrected chi connectivity index (χ1v) is 5.26. The minimum absolute atomic E-state index is 0.818. The smallest absolute Gasteiger partial charge is 0.160 e. The second-order valence-corrected chi connectivity index (χ2v) is 4.22. The highest BCUT2D eigenvalue weighted by Crippen LogP contribution is 2.32. The van der Waals surface area contributed by atoms with E-state index in [-0.39, 0.29) is 0 Å². The van der Waals surface area contributed by atoms with Crippen LogP contribution in [0.3, 0.4) is 0 Å². The number of thiophene rings is 1. The van der Waals surface area contributed by atoms with Crippen LogP contribution in [0.2, 0.25) is 0 Å². The third-order valence-electron chi connectivity index (χ3n) is 2.11. The Morgan fingerprint density at radius 3 is 2.86 bits per heavy atom. The van der Waals surface area contributed by atoms with Crippen molar-refractivity contribution in [3.05, 3.63) is 17.3 Å². The lowest BCUT2D eigenvalue weighted by atomic mass is 10.2. The number of nitrogen functional groups attached to an aromatic ring is 1. The average molecular weight is 208 g/mol. The summed E-state index contributed by atoms with van der Waals surface area (Å²) in [7, 11) is 1.87. The normalized spacial score (nSPS) is 10.7. The van der Waals surface area contributed by atoms with Gasteiger partial charge in [0.25, 0.3) is 0 Å². The predicted molar refractivity (Wildman–Crippen MR) is 58.1 cm³/mol. The Bertz CT molecular complexity index is 443.